The first-order valence-corrected chi connectivity index (χ1v) is 5.16. The van der Waals surface area contributed by atoms with E-state index < -0.39 is 33.0 Å². The lowest BCUT2D eigenvalue weighted by atomic mass is 10.4. The molecule has 0 saturated carbocycles. The molecule has 0 amide bonds. The van der Waals surface area contributed by atoms with E-state index >= 15 is 0 Å². The standard InChI is InChI=1S/C6H15O7P/c1-3(7)5(9)12-14(11)13-6(10)4(2)8/h3-10,14H,1-2H3. The van der Waals surface area contributed by atoms with Gasteiger partial charge >= 0.3 is 8.25 Å². The fraction of sp³-hybridized carbons (Fsp3) is 1.00. The highest BCUT2D eigenvalue weighted by Gasteiger charge is 2.19. The van der Waals surface area contributed by atoms with Crippen LogP contribution in [-0.4, -0.2) is 45.2 Å². The first kappa shape index (κ1) is 14.0. The van der Waals surface area contributed by atoms with Crippen LogP contribution in [0.1, 0.15) is 13.8 Å². The highest BCUT2D eigenvalue weighted by Crippen LogP contribution is 2.28. The molecule has 4 atom stereocenters. The zero-order valence-electron chi connectivity index (χ0n) is 7.82. The van der Waals surface area contributed by atoms with Crippen molar-refractivity contribution >= 4 is 8.25 Å². The summed E-state index contributed by atoms with van der Waals surface area (Å²) in [5.74, 6) is 0. The minimum absolute atomic E-state index is 1.23. The number of aliphatic hydroxyl groups excluding tert-OH is 4. The molecule has 0 spiro atoms. The van der Waals surface area contributed by atoms with E-state index in [4.69, 9.17) is 20.4 Å². The van der Waals surface area contributed by atoms with E-state index in [0.717, 1.165) is 0 Å². The van der Waals surface area contributed by atoms with Crippen LogP contribution in [0.25, 0.3) is 0 Å². The molecule has 0 aromatic rings. The SMILES string of the molecule is CC(O)C(O)O[PH](=O)OC(O)C(C)O. The van der Waals surface area contributed by atoms with Gasteiger partial charge in [0.25, 0.3) is 0 Å². The molecule has 7 nitrogen and oxygen atoms in total. The lowest BCUT2D eigenvalue weighted by Gasteiger charge is -2.17. The van der Waals surface area contributed by atoms with Gasteiger partial charge in [0.05, 0.1) is 0 Å². The number of hydrogen-bond donors (Lipinski definition) is 4. The summed E-state index contributed by atoms with van der Waals surface area (Å²) in [4.78, 5) is 0. The number of aliphatic hydroxyl groups is 4. The summed E-state index contributed by atoms with van der Waals surface area (Å²) in [6, 6.07) is 0. The van der Waals surface area contributed by atoms with Crippen LogP contribution in [-0.2, 0) is 13.6 Å². The van der Waals surface area contributed by atoms with Gasteiger partial charge in [-0.25, -0.2) is 0 Å². The fourth-order valence-electron chi connectivity index (χ4n) is 0.422. The van der Waals surface area contributed by atoms with Crippen molar-refractivity contribution in [2.24, 2.45) is 0 Å². The van der Waals surface area contributed by atoms with Gasteiger partial charge in [-0.3, -0.25) is 13.6 Å². The third kappa shape index (κ3) is 5.66. The maximum absolute atomic E-state index is 10.9. The van der Waals surface area contributed by atoms with E-state index in [9.17, 15) is 4.57 Å². The van der Waals surface area contributed by atoms with Gasteiger partial charge in [-0.1, -0.05) is 0 Å². The van der Waals surface area contributed by atoms with Crippen molar-refractivity contribution in [1.29, 1.82) is 0 Å². The largest absolute Gasteiger partial charge is 0.388 e. The van der Waals surface area contributed by atoms with Gasteiger partial charge in [-0.15, -0.1) is 0 Å². The van der Waals surface area contributed by atoms with Crippen molar-refractivity contribution in [1.82, 2.24) is 0 Å². The molecule has 0 aromatic heterocycles. The van der Waals surface area contributed by atoms with Crippen LogP contribution in [0.15, 0.2) is 0 Å². The molecule has 8 heteroatoms. The van der Waals surface area contributed by atoms with Crippen molar-refractivity contribution in [2.45, 2.75) is 38.6 Å². The summed E-state index contributed by atoms with van der Waals surface area (Å²) < 4.78 is 19.5. The van der Waals surface area contributed by atoms with E-state index in [1.807, 2.05) is 0 Å². The molecule has 0 heterocycles. The van der Waals surface area contributed by atoms with Crippen molar-refractivity contribution < 1.29 is 34.0 Å². The second kappa shape index (κ2) is 6.47. The van der Waals surface area contributed by atoms with Crippen LogP contribution in [0, 0.1) is 0 Å². The molecule has 4 unspecified atom stereocenters. The zero-order chi connectivity index (χ0) is 11.3. The molecular weight excluding hydrogens is 215 g/mol. The number of hydrogen-bond acceptors (Lipinski definition) is 7. The summed E-state index contributed by atoms with van der Waals surface area (Å²) in [5.41, 5.74) is 0. The van der Waals surface area contributed by atoms with E-state index in [2.05, 4.69) is 9.05 Å². The Bertz CT molecular complexity index is 165. The maximum atomic E-state index is 10.9. The molecule has 86 valence electrons. The van der Waals surface area contributed by atoms with Crippen LogP contribution in [0.3, 0.4) is 0 Å². The molecule has 0 rings (SSSR count). The van der Waals surface area contributed by atoms with Gasteiger partial charge in [-0.05, 0) is 13.8 Å². The summed E-state index contributed by atoms with van der Waals surface area (Å²) in [6.07, 6.45) is -5.75. The minimum Gasteiger partial charge on any atom is -0.388 e. The third-order valence-electron chi connectivity index (χ3n) is 1.26. The van der Waals surface area contributed by atoms with Gasteiger partial charge in [-0.2, -0.15) is 0 Å². The highest BCUT2D eigenvalue weighted by molar-refractivity contribution is 7.33. The van der Waals surface area contributed by atoms with Gasteiger partial charge in [0.15, 0.2) is 12.6 Å². The quantitative estimate of drug-likeness (QED) is 0.334. The van der Waals surface area contributed by atoms with Gasteiger partial charge < -0.3 is 20.4 Å². The van der Waals surface area contributed by atoms with Gasteiger partial charge in [0.2, 0.25) is 0 Å². The Balaban J connectivity index is 3.87. The van der Waals surface area contributed by atoms with Crippen molar-refractivity contribution in [3.8, 4) is 0 Å². The van der Waals surface area contributed by atoms with Crippen molar-refractivity contribution in [2.75, 3.05) is 0 Å². The average Bonchev–Trinajstić information content (AvgIpc) is 2.03. The Morgan fingerprint density at radius 1 is 0.929 bits per heavy atom. The number of rotatable bonds is 6. The Hall–Kier alpha value is -0.0100. The van der Waals surface area contributed by atoms with Crippen LogP contribution >= 0.6 is 8.25 Å². The van der Waals surface area contributed by atoms with Crippen LogP contribution in [0.2, 0.25) is 0 Å². The average molecular weight is 230 g/mol. The minimum atomic E-state index is -3.15. The molecule has 0 aromatic carbocycles. The van der Waals surface area contributed by atoms with E-state index in [1.54, 1.807) is 0 Å². The highest BCUT2D eigenvalue weighted by atomic mass is 31.1. The van der Waals surface area contributed by atoms with Crippen molar-refractivity contribution in [3.63, 3.8) is 0 Å². The second-order valence-electron chi connectivity index (χ2n) is 2.75. The molecule has 0 aliphatic carbocycles. The normalized spacial score (nSPS) is 22.4. The lowest BCUT2D eigenvalue weighted by Crippen LogP contribution is -2.26. The maximum Gasteiger partial charge on any atom is 0.323 e. The predicted octanol–water partition coefficient (Wildman–Crippen LogP) is -1.19. The van der Waals surface area contributed by atoms with E-state index in [0.29, 0.717) is 0 Å². The second-order valence-corrected chi connectivity index (χ2v) is 3.72. The fourth-order valence-corrected chi connectivity index (χ4v) is 1.27. The molecule has 0 saturated heterocycles. The smallest absolute Gasteiger partial charge is 0.323 e. The topological polar surface area (TPSA) is 116 Å². The molecule has 14 heavy (non-hydrogen) atoms. The Morgan fingerprint density at radius 2 is 1.21 bits per heavy atom. The molecule has 0 aliphatic rings. The van der Waals surface area contributed by atoms with Gasteiger partial charge in [0.1, 0.15) is 12.2 Å². The molecule has 4 N–H and O–H groups in total. The molecule has 0 aliphatic heterocycles. The summed E-state index contributed by atoms with van der Waals surface area (Å²) in [6.45, 7) is 2.45. The molecular formula is C6H15O7P. The summed E-state index contributed by atoms with van der Waals surface area (Å²) in [5, 5.41) is 35.3. The summed E-state index contributed by atoms with van der Waals surface area (Å²) >= 11 is 0. The van der Waals surface area contributed by atoms with Crippen LogP contribution in [0.5, 0.6) is 0 Å². The molecule has 0 radical (unpaired) electrons. The van der Waals surface area contributed by atoms with Crippen LogP contribution in [0.4, 0.5) is 0 Å². The first-order chi connectivity index (χ1) is 6.34. The predicted molar refractivity (Wildman–Crippen MR) is 46.5 cm³/mol. The van der Waals surface area contributed by atoms with Gasteiger partial charge in [0, 0.05) is 0 Å². The first-order valence-electron chi connectivity index (χ1n) is 3.94. The third-order valence-corrected chi connectivity index (χ3v) is 2.13. The zero-order valence-corrected chi connectivity index (χ0v) is 8.82. The Labute approximate surface area is 81.8 Å². The Kier molecular flexibility index (Phi) is 6.46. The Morgan fingerprint density at radius 3 is 1.43 bits per heavy atom. The molecule has 0 bridgehead atoms. The van der Waals surface area contributed by atoms with E-state index in [1.165, 1.54) is 13.8 Å². The van der Waals surface area contributed by atoms with E-state index in [-0.39, 0.29) is 0 Å². The lowest BCUT2D eigenvalue weighted by molar-refractivity contribution is -0.127. The van der Waals surface area contributed by atoms with Crippen molar-refractivity contribution in [3.05, 3.63) is 0 Å². The monoisotopic (exact) mass is 230 g/mol. The summed E-state index contributed by atoms with van der Waals surface area (Å²) in [7, 11) is -3.15. The molecule has 0 fully saturated rings. The van der Waals surface area contributed by atoms with Crippen LogP contribution < -0.4 is 0 Å².